The maximum Gasteiger partial charge on any atom is 0.223 e. The van der Waals surface area contributed by atoms with Crippen LogP contribution in [0.4, 0.5) is 0 Å². The van der Waals surface area contributed by atoms with Crippen LogP contribution in [-0.4, -0.2) is 50.1 Å². The van der Waals surface area contributed by atoms with Crippen molar-refractivity contribution in [2.75, 3.05) is 33.2 Å². The van der Waals surface area contributed by atoms with Gasteiger partial charge in [0.15, 0.2) is 0 Å². The molecule has 2 unspecified atom stereocenters. The SMILES string of the molecule is CC(C(=O)NC1CCN(C)C1)C1CNC1. The van der Waals surface area contributed by atoms with E-state index >= 15 is 0 Å². The van der Waals surface area contributed by atoms with Gasteiger partial charge < -0.3 is 15.5 Å². The van der Waals surface area contributed by atoms with E-state index in [2.05, 4.69) is 22.6 Å². The van der Waals surface area contributed by atoms with Crippen LogP contribution < -0.4 is 10.6 Å². The van der Waals surface area contributed by atoms with E-state index in [-0.39, 0.29) is 11.8 Å². The summed E-state index contributed by atoms with van der Waals surface area (Å²) in [6.45, 7) is 6.14. The molecule has 2 aliphatic rings. The third kappa shape index (κ3) is 2.49. The summed E-state index contributed by atoms with van der Waals surface area (Å²) in [4.78, 5) is 14.1. The molecule has 2 atom stereocenters. The lowest BCUT2D eigenvalue weighted by atomic mass is 9.88. The third-order valence-corrected chi connectivity index (χ3v) is 3.67. The predicted octanol–water partition coefficient (Wildman–Crippen LogP) is -0.338. The van der Waals surface area contributed by atoms with Gasteiger partial charge in [0.1, 0.15) is 0 Å². The molecule has 1 amide bonds. The second-order valence-corrected chi connectivity index (χ2v) is 4.96. The molecule has 2 saturated heterocycles. The Bertz CT molecular complexity index is 240. The Morgan fingerprint density at radius 3 is 2.73 bits per heavy atom. The fraction of sp³-hybridized carbons (Fsp3) is 0.909. The van der Waals surface area contributed by atoms with Crippen molar-refractivity contribution in [3.8, 4) is 0 Å². The standard InChI is InChI=1S/C11H21N3O/c1-8(9-5-12-6-9)11(15)13-10-3-4-14(2)7-10/h8-10,12H,3-7H2,1-2H3,(H,13,15). The number of amides is 1. The van der Waals surface area contributed by atoms with Crippen LogP contribution in [0.3, 0.4) is 0 Å². The molecule has 0 aromatic heterocycles. The smallest absolute Gasteiger partial charge is 0.223 e. The molecule has 0 spiro atoms. The van der Waals surface area contributed by atoms with Gasteiger partial charge in [-0.1, -0.05) is 6.92 Å². The molecule has 86 valence electrons. The van der Waals surface area contributed by atoms with Gasteiger partial charge in [-0.15, -0.1) is 0 Å². The van der Waals surface area contributed by atoms with Gasteiger partial charge in [-0.25, -0.2) is 0 Å². The number of hydrogen-bond donors (Lipinski definition) is 2. The zero-order valence-electron chi connectivity index (χ0n) is 9.62. The van der Waals surface area contributed by atoms with Crippen molar-refractivity contribution in [1.82, 2.24) is 15.5 Å². The maximum absolute atomic E-state index is 11.9. The first-order chi connectivity index (χ1) is 7.16. The normalized spacial score (nSPS) is 29.9. The predicted molar refractivity (Wildman–Crippen MR) is 59.6 cm³/mol. The lowest BCUT2D eigenvalue weighted by molar-refractivity contribution is -0.127. The zero-order chi connectivity index (χ0) is 10.8. The average Bonchev–Trinajstić information content (AvgIpc) is 2.48. The molecular formula is C11H21N3O. The molecule has 2 fully saturated rings. The summed E-state index contributed by atoms with van der Waals surface area (Å²) < 4.78 is 0. The van der Waals surface area contributed by atoms with Crippen LogP contribution >= 0.6 is 0 Å². The topological polar surface area (TPSA) is 44.4 Å². The molecule has 4 nitrogen and oxygen atoms in total. The van der Waals surface area contributed by atoms with Crippen LogP contribution in [0.25, 0.3) is 0 Å². The van der Waals surface area contributed by atoms with Gasteiger partial charge in [0.2, 0.25) is 5.91 Å². The second-order valence-electron chi connectivity index (χ2n) is 4.96. The van der Waals surface area contributed by atoms with Crippen LogP contribution in [-0.2, 0) is 4.79 Å². The first-order valence-corrected chi connectivity index (χ1v) is 5.86. The molecule has 0 saturated carbocycles. The van der Waals surface area contributed by atoms with E-state index in [1.165, 1.54) is 0 Å². The number of rotatable bonds is 3. The monoisotopic (exact) mass is 211 g/mol. The van der Waals surface area contributed by atoms with Crippen molar-refractivity contribution in [3.63, 3.8) is 0 Å². The fourth-order valence-electron chi connectivity index (χ4n) is 2.26. The van der Waals surface area contributed by atoms with Crippen LogP contribution in [0.5, 0.6) is 0 Å². The summed E-state index contributed by atoms with van der Waals surface area (Å²) in [7, 11) is 2.10. The van der Waals surface area contributed by atoms with Crippen molar-refractivity contribution in [1.29, 1.82) is 0 Å². The molecular weight excluding hydrogens is 190 g/mol. The number of carbonyl (C=O) groups excluding carboxylic acids is 1. The van der Waals surface area contributed by atoms with E-state index in [0.717, 1.165) is 32.6 Å². The Labute approximate surface area is 91.4 Å². The van der Waals surface area contributed by atoms with Gasteiger partial charge in [-0.3, -0.25) is 4.79 Å². The summed E-state index contributed by atoms with van der Waals surface area (Å²) in [6.07, 6.45) is 1.10. The molecule has 0 radical (unpaired) electrons. The van der Waals surface area contributed by atoms with Gasteiger partial charge in [-0.2, -0.15) is 0 Å². The molecule has 4 heteroatoms. The highest BCUT2D eigenvalue weighted by Crippen LogP contribution is 2.16. The third-order valence-electron chi connectivity index (χ3n) is 3.67. The maximum atomic E-state index is 11.9. The molecule has 0 aliphatic carbocycles. The number of carbonyl (C=O) groups is 1. The molecule has 2 heterocycles. The van der Waals surface area contributed by atoms with E-state index in [1.54, 1.807) is 0 Å². The van der Waals surface area contributed by atoms with E-state index in [0.29, 0.717) is 12.0 Å². The summed E-state index contributed by atoms with van der Waals surface area (Å²) in [6, 6.07) is 0.373. The molecule has 0 aromatic rings. The highest BCUT2D eigenvalue weighted by atomic mass is 16.2. The number of hydrogen-bond acceptors (Lipinski definition) is 3. The highest BCUT2D eigenvalue weighted by Gasteiger charge is 2.30. The van der Waals surface area contributed by atoms with Crippen molar-refractivity contribution in [3.05, 3.63) is 0 Å². The fourth-order valence-corrected chi connectivity index (χ4v) is 2.26. The molecule has 2 rings (SSSR count). The van der Waals surface area contributed by atoms with Crippen LogP contribution in [0.2, 0.25) is 0 Å². The Morgan fingerprint density at radius 1 is 1.53 bits per heavy atom. The van der Waals surface area contributed by atoms with Crippen LogP contribution in [0, 0.1) is 11.8 Å². The summed E-state index contributed by atoms with van der Waals surface area (Å²) in [5.41, 5.74) is 0. The largest absolute Gasteiger partial charge is 0.352 e. The minimum Gasteiger partial charge on any atom is -0.352 e. The van der Waals surface area contributed by atoms with E-state index in [1.807, 2.05) is 6.92 Å². The summed E-state index contributed by atoms with van der Waals surface area (Å²) in [5.74, 6) is 0.947. The Kier molecular flexibility index (Phi) is 3.26. The van der Waals surface area contributed by atoms with Crippen molar-refractivity contribution in [2.24, 2.45) is 11.8 Å². The number of nitrogens with one attached hydrogen (secondary N) is 2. The van der Waals surface area contributed by atoms with Gasteiger partial charge in [0, 0.05) is 18.5 Å². The molecule has 2 aliphatic heterocycles. The van der Waals surface area contributed by atoms with E-state index in [9.17, 15) is 4.79 Å². The first-order valence-electron chi connectivity index (χ1n) is 5.86. The van der Waals surface area contributed by atoms with Gasteiger partial charge >= 0.3 is 0 Å². The lowest BCUT2D eigenvalue weighted by Gasteiger charge is -2.32. The van der Waals surface area contributed by atoms with Crippen molar-refractivity contribution >= 4 is 5.91 Å². The number of nitrogens with zero attached hydrogens (tertiary/aromatic N) is 1. The summed E-state index contributed by atoms with van der Waals surface area (Å²) in [5, 5.41) is 6.36. The van der Waals surface area contributed by atoms with Gasteiger partial charge in [0.25, 0.3) is 0 Å². The minimum absolute atomic E-state index is 0.164. The minimum atomic E-state index is 0.164. The second kappa shape index (κ2) is 4.49. The Hall–Kier alpha value is -0.610. The van der Waals surface area contributed by atoms with Crippen LogP contribution in [0.15, 0.2) is 0 Å². The lowest BCUT2D eigenvalue weighted by Crippen LogP contribution is -2.51. The Morgan fingerprint density at radius 2 is 2.27 bits per heavy atom. The van der Waals surface area contributed by atoms with E-state index < -0.39 is 0 Å². The Balaban J connectivity index is 1.76. The highest BCUT2D eigenvalue weighted by molar-refractivity contribution is 5.79. The molecule has 0 bridgehead atoms. The summed E-state index contributed by atoms with van der Waals surface area (Å²) >= 11 is 0. The van der Waals surface area contributed by atoms with E-state index in [4.69, 9.17) is 0 Å². The zero-order valence-corrected chi connectivity index (χ0v) is 9.62. The quantitative estimate of drug-likeness (QED) is 0.671. The van der Waals surface area contributed by atoms with Crippen LogP contribution in [0.1, 0.15) is 13.3 Å². The average molecular weight is 211 g/mol. The number of likely N-dealkylation sites (N-methyl/N-ethyl adjacent to an activating group) is 1. The van der Waals surface area contributed by atoms with Gasteiger partial charge in [-0.05, 0) is 39.0 Å². The van der Waals surface area contributed by atoms with Crippen molar-refractivity contribution in [2.45, 2.75) is 19.4 Å². The first kappa shape index (κ1) is 10.9. The molecule has 2 N–H and O–H groups in total. The van der Waals surface area contributed by atoms with Gasteiger partial charge in [0.05, 0.1) is 0 Å². The number of likely N-dealkylation sites (tertiary alicyclic amines) is 1. The molecule has 0 aromatic carbocycles. The molecule has 15 heavy (non-hydrogen) atoms. The van der Waals surface area contributed by atoms with Crippen molar-refractivity contribution < 1.29 is 4.79 Å².